The third-order valence-electron chi connectivity index (χ3n) is 6.73. The van der Waals surface area contributed by atoms with E-state index < -0.39 is 0 Å². The van der Waals surface area contributed by atoms with Crippen molar-refractivity contribution in [3.8, 4) is 22.9 Å². The number of aromatic amines is 2. The van der Waals surface area contributed by atoms with Gasteiger partial charge in [0, 0.05) is 17.7 Å². The van der Waals surface area contributed by atoms with Crippen LogP contribution in [-0.2, 0) is 17.3 Å². The van der Waals surface area contributed by atoms with Crippen LogP contribution in [0.2, 0.25) is 0 Å². The van der Waals surface area contributed by atoms with Gasteiger partial charge in [-0.3, -0.25) is 0 Å². The fourth-order valence-electron chi connectivity index (χ4n) is 4.64. The first-order valence-electron chi connectivity index (χ1n) is 10.7. The Morgan fingerprint density at radius 2 is 1.71 bits per heavy atom. The van der Waals surface area contributed by atoms with Crippen LogP contribution in [0, 0.1) is 11.7 Å². The summed E-state index contributed by atoms with van der Waals surface area (Å²) in [5, 5.41) is 10.1. The molecule has 1 aliphatic rings. The summed E-state index contributed by atoms with van der Waals surface area (Å²) in [6, 6.07) is 8.53. The van der Waals surface area contributed by atoms with Gasteiger partial charge in [0.25, 0.3) is 0 Å². The van der Waals surface area contributed by atoms with Crippen molar-refractivity contribution in [3.63, 3.8) is 0 Å². The van der Waals surface area contributed by atoms with Crippen molar-refractivity contribution < 1.29 is 9.84 Å². The largest absolute Gasteiger partial charge is 0.494 e. The molecule has 0 unspecified atom stereocenters. The van der Waals surface area contributed by atoms with E-state index in [9.17, 15) is 5.11 Å². The number of hydrogen-bond acceptors (Lipinski definition) is 4. The number of imidazole rings is 1. The van der Waals surface area contributed by atoms with Crippen LogP contribution in [0.4, 0.5) is 0 Å². The first kappa shape index (κ1) is 21.6. The second-order valence-electron chi connectivity index (χ2n) is 9.92. The van der Waals surface area contributed by atoms with E-state index in [1.807, 2.05) is 12.1 Å². The normalized spacial score (nSPS) is 16.7. The molecule has 0 saturated carbocycles. The summed E-state index contributed by atoms with van der Waals surface area (Å²) < 4.78 is 6.08. The zero-order valence-corrected chi connectivity index (χ0v) is 20.0. The average Bonchev–Trinajstić information content (AvgIpc) is 3.02. The third kappa shape index (κ3) is 3.89. The first-order valence-corrected chi connectivity index (χ1v) is 11.1. The van der Waals surface area contributed by atoms with Crippen LogP contribution in [0.25, 0.3) is 11.3 Å². The number of methoxy groups -OCH3 is 1. The molecule has 0 spiro atoms. The van der Waals surface area contributed by atoms with Crippen LogP contribution >= 0.6 is 12.2 Å². The number of aryl methyl sites for hydroxylation is 1. The van der Waals surface area contributed by atoms with Crippen molar-refractivity contribution in [1.82, 2.24) is 15.0 Å². The van der Waals surface area contributed by atoms with Gasteiger partial charge in [0.1, 0.15) is 11.4 Å². The Labute approximate surface area is 188 Å². The molecule has 6 heteroatoms. The maximum absolute atomic E-state index is 10.1. The number of H-pyrrole nitrogens is 2. The summed E-state index contributed by atoms with van der Waals surface area (Å²) in [6.45, 7) is 11.5. The van der Waals surface area contributed by atoms with E-state index in [0.717, 1.165) is 29.1 Å². The number of rotatable bonds is 4. The number of aromatic nitrogens is 3. The van der Waals surface area contributed by atoms with E-state index in [4.69, 9.17) is 21.9 Å². The first-order chi connectivity index (χ1) is 14.5. The molecule has 0 fully saturated rings. The highest BCUT2D eigenvalue weighted by atomic mass is 32.1. The molecule has 3 aromatic rings. The van der Waals surface area contributed by atoms with Crippen LogP contribution in [0.15, 0.2) is 24.3 Å². The van der Waals surface area contributed by atoms with Crippen LogP contribution in [0.1, 0.15) is 68.6 Å². The molecular formula is C25H31N3O2S. The Morgan fingerprint density at radius 1 is 1.06 bits per heavy atom. The van der Waals surface area contributed by atoms with Crippen molar-refractivity contribution in [2.75, 3.05) is 7.11 Å². The summed E-state index contributed by atoms with van der Waals surface area (Å²) in [5.74, 6) is 0.795. The number of nitrogens with one attached hydrogen (secondary N) is 2. The van der Waals surface area contributed by atoms with Gasteiger partial charge in [0.05, 0.1) is 12.8 Å². The quantitative estimate of drug-likeness (QED) is 0.431. The summed E-state index contributed by atoms with van der Waals surface area (Å²) in [5.41, 5.74) is 7.67. The van der Waals surface area contributed by atoms with E-state index in [1.54, 1.807) is 7.11 Å². The van der Waals surface area contributed by atoms with E-state index in [2.05, 4.69) is 56.7 Å². The maximum Gasteiger partial charge on any atom is 0.211 e. The molecule has 0 atom stereocenters. The van der Waals surface area contributed by atoms with Crippen molar-refractivity contribution >= 4 is 12.2 Å². The van der Waals surface area contributed by atoms with Gasteiger partial charge < -0.3 is 19.8 Å². The van der Waals surface area contributed by atoms with Crippen LogP contribution in [0.5, 0.6) is 11.6 Å². The molecule has 0 aliphatic heterocycles. The molecule has 0 radical (unpaired) electrons. The Bertz CT molecular complexity index is 1200. The molecule has 5 nitrogen and oxygen atoms in total. The number of pyridine rings is 1. The van der Waals surface area contributed by atoms with Crippen LogP contribution in [0.3, 0.4) is 0 Å². The summed E-state index contributed by atoms with van der Waals surface area (Å²) in [4.78, 5) is 10.7. The number of benzene rings is 1. The van der Waals surface area contributed by atoms with Gasteiger partial charge in [-0.2, -0.15) is 0 Å². The number of ether oxygens (including phenoxy) is 1. The standard InChI is InChI=1S/C25H31N3O2S/c1-14-11-17-18(25(4,5)10-9-24(17,2)3)13-16(14)21-20(30-6)8-7-15(26-21)12-19-22(29)28-23(31)27-19/h7-8,11,13,29H,9-10,12H2,1-6H3,(H2,27,28,31). The zero-order valence-electron chi connectivity index (χ0n) is 19.1. The van der Waals surface area contributed by atoms with E-state index in [1.165, 1.54) is 23.1 Å². The molecular weight excluding hydrogens is 406 g/mol. The maximum atomic E-state index is 10.1. The van der Waals surface area contributed by atoms with Gasteiger partial charge >= 0.3 is 0 Å². The summed E-state index contributed by atoms with van der Waals surface area (Å²) in [6.07, 6.45) is 2.79. The van der Waals surface area contributed by atoms with Crippen molar-refractivity contribution in [3.05, 3.63) is 57.1 Å². The number of aromatic hydroxyl groups is 1. The molecule has 164 valence electrons. The highest BCUT2D eigenvalue weighted by molar-refractivity contribution is 7.71. The average molecular weight is 438 g/mol. The van der Waals surface area contributed by atoms with Crippen LogP contribution < -0.4 is 4.74 Å². The molecule has 2 aromatic heterocycles. The minimum atomic E-state index is 0.0538. The Balaban J connectivity index is 1.85. The third-order valence-corrected chi connectivity index (χ3v) is 6.93. The van der Waals surface area contributed by atoms with E-state index >= 15 is 0 Å². The van der Waals surface area contributed by atoms with Crippen molar-refractivity contribution in [2.24, 2.45) is 0 Å². The monoisotopic (exact) mass is 437 g/mol. The van der Waals surface area contributed by atoms with Crippen molar-refractivity contribution in [1.29, 1.82) is 0 Å². The van der Waals surface area contributed by atoms with Crippen molar-refractivity contribution in [2.45, 2.75) is 64.7 Å². The topological polar surface area (TPSA) is 73.9 Å². The summed E-state index contributed by atoms with van der Waals surface area (Å²) >= 11 is 5.08. The van der Waals surface area contributed by atoms with Gasteiger partial charge in [0.15, 0.2) is 4.77 Å². The summed E-state index contributed by atoms with van der Waals surface area (Å²) in [7, 11) is 1.68. The molecule has 3 N–H and O–H groups in total. The Kier molecular flexibility index (Phi) is 5.24. The highest BCUT2D eigenvalue weighted by Gasteiger charge is 2.37. The molecule has 0 saturated heterocycles. The highest BCUT2D eigenvalue weighted by Crippen LogP contribution is 2.48. The fraction of sp³-hybridized carbons (Fsp3) is 0.440. The van der Waals surface area contributed by atoms with Gasteiger partial charge in [-0.1, -0.05) is 33.8 Å². The predicted octanol–water partition coefficient (Wildman–Crippen LogP) is 6.10. The lowest BCUT2D eigenvalue weighted by Gasteiger charge is -2.42. The Morgan fingerprint density at radius 3 is 2.29 bits per heavy atom. The van der Waals surface area contributed by atoms with Gasteiger partial charge in [-0.25, -0.2) is 4.98 Å². The molecule has 2 heterocycles. The molecule has 31 heavy (non-hydrogen) atoms. The zero-order chi connectivity index (χ0) is 22.6. The van der Waals surface area contributed by atoms with Gasteiger partial charge in [-0.05, 0) is 77.7 Å². The van der Waals surface area contributed by atoms with E-state index in [-0.39, 0.29) is 16.7 Å². The second-order valence-corrected chi connectivity index (χ2v) is 10.3. The molecule has 1 aromatic carbocycles. The van der Waals surface area contributed by atoms with Gasteiger partial charge in [-0.15, -0.1) is 0 Å². The minimum absolute atomic E-state index is 0.0538. The smallest absolute Gasteiger partial charge is 0.211 e. The van der Waals surface area contributed by atoms with Crippen LogP contribution in [-0.4, -0.2) is 27.2 Å². The molecule has 4 rings (SSSR count). The predicted molar refractivity (Wildman–Crippen MR) is 127 cm³/mol. The number of hydrogen-bond donors (Lipinski definition) is 3. The van der Waals surface area contributed by atoms with Gasteiger partial charge in [0.2, 0.25) is 5.88 Å². The number of fused-ring (bicyclic) bond motifs is 1. The number of nitrogens with zero attached hydrogens (tertiary/aromatic N) is 1. The lowest BCUT2D eigenvalue weighted by molar-refractivity contribution is 0.332. The lowest BCUT2D eigenvalue weighted by atomic mass is 9.62. The SMILES string of the molecule is COc1ccc(Cc2[nH]c(=S)[nH]c2O)nc1-c1cc2c(cc1C)C(C)(C)CCC2(C)C. The molecule has 0 bridgehead atoms. The molecule has 1 aliphatic carbocycles. The van der Waals surface area contributed by atoms with E-state index in [0.29, 0.717) is 16.9 Å². The second kappa shape index (κ2) is 7.52. The minimum Gasteiger partial charge on any atom is -0.494 e. The fourth-order valence-corrected chi connectivity index (χ4v) is 4.86. The Hall–Kier alpha value is -2.60. The lowest BCUT2D eigenvalue weighted by Crippen LogP contribution is -2.34. The molecule has 0 amide bonds.